The van der Waals surface area contributed by atoms with Crippen molar-refractivity contribution in [2.75, 3.05) is 25.0 Å². The maximum absolute atomic E-state index is 11.7. The minimum absolute atomic E-state index is 0.0235. The molecule has 4 rings (SSSR count). The van der Waals surface area contributed by atoms with Gasteiger partial charge in [-0.15, -0.1) is 0 Å². The molecular formula is C16H16N4O4. The van der Waals surface area contributed by atoms with Crippen LogP contribution in [0.5, 0.6) is 5.75 Å². The Kier molecular flexibility index (Phi) is 2.52. The number of fused-ring (bicyclic) bond motifs is 2. The number of pyridine rings is 1. The molecule has 1 aromatic carbocycles. The third kappa shape index (κ3) is 2.18. The number of benzene rings is 1. The number of ether oxygens (including phenoxy) is 2. The average molecular weight is 331 g/mol. The number of aromatic nitrogens is 1. The number of alkyl carbamates (subject to hydrolysis) is 1. The van der Waals surface area contributed by atoms with E-state index in [1.54, 1.807) is 12.3 Å². The maximum Gasteiger partial charge on any atom is 0.407 e. The molecular weight excluding hydrogens is 312 g/mol. The maximum atomic E-state index is 11.7. The number of carbonyl (C=O) groups excluding carboxylic acids is 2. The summed E-state index contributed by atoms with van der Waals surface area (Å²) in [6.45, 7) is 0.943. The molecule has 2 saturated heterocycles. The molecule has 0 spiro atoms. The molecule has 124 valence electrons. The van der Waals surface area contributed by atoms with Crippen molar-refractivity contribution >= 4 is 28.6 Å². The first-order valence-electron chi connectivity index (χ1n) is 8.85. The molecule has 8 nitrogen and oxygen atoms in total. The summed E-state index contributed by atoms with van der Waals surface area (Å²) in [6, 6.07) is 4.49. The molecule has 24 heavy (non-hydrogen) atoms. The topological polar surface area (TPSA) is 107 Å². The fourth-order valence-electron chi connectivity index (χ4n) is 3.24. The molecule has 1 aromatic heterocycles. The largest absolute Gasteiger partial charge is 0.496 e. The van der Waals surface area contributed by atoms with Crippen LogP contribution in [0, 0.1) is 0 Å². The fourth-order valence-corrected chi connectivity index (χ4v) is 3.24. The molecule has 8 heteroatoms. The number of anilines is 1. The van der Waals surface area contributed by atoms with Crippen LogP contribution < -0.4 is 20.7 Å². The quantitative estimate of drug-likeness (QED) is 0.855. The summed E-state index contributed by atoms with van der Waals surface area (Å²) in [4.78, 5) is 29.4. The van der Waals surface area contributed by atoms with Crippen LogP contribution in [0.3, 0.4) is 0 Å². The zero-order chi connectivity index (χ0) is 19.3. The molecule has 3 heterocycles. The highest BCUT2D eigenvalue weighted by atomic mass is 16.6. The van der Waals surface area contributed by atoms with Crippen LogP contribution in [-0.2, 0) is 4.74 Å². The standard InChI is InChI=1S/C16H16N4O4/c1-23-12-5-9-8(4-10(12)14(17)21)2-3-18-15(9)20-6-11-13(7-20)24-16(22)19-11/h2-5,11,13H,6-7H2,1H3,(H2,17,21)(H,19,22)/i1D3. The lowest BCUT2D eigenvalue weighted by atomic mass is 10.1. The van der Waals surface area contributed by atoms with Crippen molar-refractivity contribution in [2.24, 2.45) is 5.73 Å². The van der Waals surface area contributed by atoms with Gasteiger partial charge in [-0.3, -0.25) is 4.79 Å². The van der Waals surface area contributed by atoms with Gasteiger partial charge in [-0.05, 0) is 23.6 Å². The Morgan fingerprint density at radius 3 is 3.17 bits per heavy atom. The summed E-state index contributed by atoms with van der Waals surface area (Å²) in [5.74, 6) is -0.347. The van der Waals surface area contributed by atoms with E-state index in [-0.39, 0.29) is 23.5 Å². The van der Waals surface area contributed by atoms with Gasteiger partial charge in [0.25, 0.3) is 5.91 Å². The van der Waals surface area contributed by atoms with E-state index in [9.17, 15) is 9.59 Å². The van der Waals surface area contributed by atoms with Gasteiger partial charge < -0.3 is 25.4 Å². The highest BCUT2D eigenvalue weighted by molar-refractivity contribution is 6.03. The van der Waals surface area contributed by atoms with E-state index in [2.05, 4.69) is 10.3 Å². The van der Waals surface area contributed by atoms with E-state index in [4.69, 9.17) is 19.3 Å². The fraction of sp³-hybridized carbons (Fsp3) is 0.312. The van der Waals surface area contributed by atoms with Gasteiger partial charge in [0.15, 0.2) is 0 Å². The van der Waals surface area contributed by atoms with Gasteiger partial charge in [0.1, 0.15) is 17.7 Å². The molecule has 2 fully saturated rings. The van der Waals surface area contributed by atoms with E-state index < -0.39 is 19.0 Å². The molecule has 2 atom stereocenters. The average Bonchev–Trinajstić information content (AvgIpc) is 3.09. The number of hydrogen-bond acceptors (Lipinski definition) is 6. The normalized spacial score (nSPS) is 24.6. The lowest BCUT2D eigenvalue weighted by Gasteiger charge is -2.20. The SMILES string of the molecule is [2H]C([2H])([2H])Oc1cc2c(N3CC4NC(=O)OC4C3)nccc2cc1C(N)=O. The van der Waals surface area contributed by atoms with E-state index in [1.807, 2.05) is 4.90 Å². The highest BCUT2D eigenvalue weighted by Gasteiger charge is 2.42. The molecule has 0 saturated carbocycles. The van der Waals surface area contributed by atoms with Crippen LogP contribution in [0.25, 0.3) is 10.8 Å². The first kappa shape index (κ1) is 11.5. The Hall–Kier alpha value is -3.03. The van der Waals surface area contributed by atoms with Crippen LogP contribution in [0.1, 0.15) is 14.5 Å². The number of nitrogens with two attached hydrogens (primary N) is 1. The monoisotopic (exact) mass is 331 g/mol. The molecule has 2 aromatic rings. The third-order valence-corrected chi connectivity index (χ3v) is 4.35. The van der Waals surface area contributed by atoms with E-state index >= 15 is 0 Å². The molecule has 3 N–H and O–H groups in total. The highest BCUT2D eigenvalue weighted by Crippen LogP contribution is 2.33. The molecule has 2 amide bonds. The number of carbonyl (C=O) groups is 2. The van der Waals surface area contributed by atoms with Gasteiger partial charge in [-0.2, -0.15) is 0 Å². The number of rotatable bonds is 3. The summed E-state index contributed by atoms with van der Waals surface area (Å²) in [5.41, 5.74) is 5.35. The Balaban J connectivity index is 1.77. The number of primary amides is 1. The lowest BCUT2D eigenvalue weighted by molar-refractivity contribution is 0.0997. The molecule has 2 aliphatic heterocycles. The first-order chi connectivity index (χ1) is 12.7. The van der Waals surface area contributed by atoms with Crippen molar-refractivity contribution in [3.63, 3.8) is 0 Å². The van der Waals surface area contributed by atoms with Crippen LogP contribution in [-0.4, -0.2) is 49.3 Å². The Bertz CT molecular complexity index is 933. The van der Waals surface area contributed by atoms with Crippen molar-refractivity contribution in [3.8, 4) is 5.75 Å². The van der Waals surface area contributed by atoms with Gasteiger partial charge in [0.05, 0.1) is 29.3 Å². The zero-order valence-corrected chi connectivity index (χ0v) is 12.5. The van der Waals surface area contributed by atoms with Gasteiger partial charge >= 0.3 is 6.09 Å². The van der Waals surface area contributed by atoms with Gasteiger partial charge in [0.2, 0.25) is 0 Å². The second-order valence-electron chi connectivity index (χ2n) is 5.77. The van der Waals surface area contributed by atoms with E-state index in [0.29, 0.717) is 29.7 Å². The second kappa shape index (κ2) is 5.26. The van der Waals surface area contributed by atoms with Gasteiger partial charge in [-0.1, -0.05) is 0 Å². The summed E-state index contributed by atoms with van der Waals surface area (Å²) in [7, 11) is -2.73. The van der Waals surface area contributed by atoms with Gasteiger partial charge in [-0.25, -0.2) is 9.78 Å². The summed E-state index contributed by atoms with van der Waals surface area (Å²) in [6.07, 6.45) is 0.868. The minimum Gasteiger partial charge on any atom is -0.496 e. The van der Waals surface area contributed by atoms with Crippen LogP contribution in [0.15, 0.2) is 24.4 Å². The van der Waals surface area contributed by atoms with Crippen LogP contribution in [0.4, 0.5) is 10.6 Å². The molecule has 2 aliphatic rings. The predicted molar refractivity (Wildman–Crippen MR) is 86.2 cm³/mol. The number of nitrogens with zero attached hydrogens (tertiary/aromatic N) is 2. The van der Waals surface area contributed by atoms with Crippen molar-refractivity contribution in [1.29, 1.82) is 0 Å². The molecule has 0 bridgehead atoms. The van der Waals surface area contributed by atoms with Crippen LogP contribution in [0.2, 0.25) is 0 Å². The van der Waals surface area contributed by atoms with Crippen molar-refractivity contribution in [3.05, 3.63) is 30.0 Å². The number of amides is 2. The summed E-state index contributed by atoms with van der Waals surface area (Å²) >= 11 is 0. The molecule has 0 aliphatic carbocycles. The predicted octanol–water partition coefficient (Wildman–Crippen LogP) is 0.639. The Morgan fingerprint density at radius 2 is 2.42 bits per heavy atom. The molecule has 0 radical (unpaired) electrons. The molecule has 2 unspecified atom stereocenters. The van der Waals surface area contributed by atoms with Crippen molar-refractivity contribution < 1.29 is 23.2 Å². The number of hydrogen-bond donors (Lipinski definition) is 2. The van der Waals surface area contributed by atoms with Gasteiger partial charge in [0, 0.05) is 18.1 Å². The zero-order valence-electron chi connectivity index (χ0n) is 15.5. The number of nitrogens with one attached hydrogen (secondary N) is 1. The minimum atomic E-state index is -2.73. The summed E-state index contributed by atoms with van der Waals surface area (Å²) in [5, 5.41) is 4.00. The second-order valence-corrected chi connectivity index (χ2v) is 5.77. The Morgan fingerprint density at radius 1 is 1.54 bits per heavy atom. The first-order valence-corrected chi connectivity index (χ1v) is 7.35. The lowest BCUT2D eigenvalue weighted by Crippen LogP contribution is -2.32. The summed E-state index contributed by atoms with van der Waals surface area (Å²) < 4.78 is 32.1. The van der Waals surface area contributed by atoms with E-state index in [1.165, 1.54) is 12.1 Å². The van der Waals surface area contributed by atoms with Crippen LogP contribution >= 0.6 is 0 Å². The smallest absolute Gasteiger partial charge is 0.407 e. The number of methoxy groups -OCH3 is 1. The van der Waals surface area contributed by atoms with E-state index in [0.717, 1.165) is 0 Å². The Labute approximate surface area is 141 Å². The third-order valence-electron chi connectivity index (χ3n) is 4.35. The van der Waals surface area contributed by atoms with Crippen molar-refractivity contribution in [2.45, 2.75) is 12.1 Å². The van der Waals surface area contributed by atoms with Crippen molar-refractivity contribution in [1.82, 2.24) is 10.3 Å².